The minimum atomic E-state index is -0.818. The Labute approximate surface area is 82.5 Å². The summed E-state index contributed by atoms with van der Waals surface area (Å²) in [6.07, 6.45) is 2.37. The largest absolute Gasteiger partial charge is 0.481 e. The maximum atomic E-state index is 10.3. The summed E-state index contributed by atoms with van der Waals surface area (Å²) < 4.78 is 1.69. The van der Waals surface area contributed by atoms with Gasteiger partial charge in [0.25, 0.3) is 0 Å². The monoisotopic (exact) mass is 197 g/mol. The van der Waals surface area contributed by atoms with Crippen LogP contribution < -0.4 is 5.73 Å². The maximum absolute atomic E-state index is 10.3. The molecule has 1 heterocycles. The van der Waals surface area contributed by atoms with Gasteiger partial charge in [0.2, 0.25) is 0 Å². The number of hydrogen-bond acceptors (Lipinski definition) is 3. The molecular weight excluding hydrogens is 182 g/mol. The Morgan fingerprint density at radius 2 is 2.43 bits per heavy atom. The van der Waals surface area contributed by atoms with Crippen LogP contribution in [-0.4, -0.2) is 20.9 Å². The molecule has 1 rings (SSSR count). The minimum absolute atomic E-state index is 0.0928. The summed E-state index contributed by atoms with van der Waals surface area (Å²) in [7, 11) is 1.82. The molecule has 0 bridgehead atoms. The fourth-order valence-corrected chi connectivity index (χ4v) is 1.42. The van der Waals surface area contributed by atoms with Gasteiger partial charge in [0.15, 0.2) is 0 Å². The third kappa shape index (κ3) is 2.56. The molecule has 1 unspecified atom stereocenters. The molecule has 0 spiro atoms. The zero-order valence-electron chi connectivity index (χ0n) is 8.40. The molecule has 0 aliphatic carbocycles. The minimum Gasteiger partial charge on any atom is -0.481 e. The maximum Gasteiger partial charge on any atom is 0.303 e. The smallest absolute Gasteiger partial charge is 0.303 e. The second-order valence-electron chi connectivity index (χ2n) is 3.38. The summed E-state index contributed by atoms with van der Waals surface area (Å²) in [6.45, 7) is 1.87. The van der Waals surface area contributed by atoms with Gasteiger partial charge in [-0.15, -0.1) is 0 Å². The Morgan fingerprint density at radius 3 is 2.86 bits per heavy atom. The van der Waals surface area contributed by atoms with Crippen LogP contribution >= 0.6 is 0 Å². The van der Waals surface area contributed by atoms with Crippen LogP contribution in [-0.2, 0) is 11.8 Å². The van der Waals surface area contributed by atoms with Crippen LogP contribution in [0.5, 0.6) is 0 Å². The van der Waals surface area contributed by atoms with Crippen molar-refractivity contribution in [2.24, 2.45) is 12.8 Å². The van der Waals surface area contributed by atoms with E-state index in [1.54, 1.807) is 4.68 Å². The van der Waals surface area contributed by atoms with Crippen molar-refractivity contribution in [2.45, 2.75) is 25.8 Å². The molecule has 1 atom stereocenters. The van der Waals surface area contributed by atoms with Gasteiger partial charge in [-0.2, -0.15) is 5.10 Å². The summed E-state index contributed by atoms with van der Waals surface area (Å²) in [6, 6.07) is -0.236. The van der Waals surface area contributed by atoms with Gasteiger partial charge in [-0.3, -0.25) is 9.48 Å². The molecule has 0 aromatic carbocycles. The van der Waals surface area contributed by atoms with Gasteiger partial charge < -0.3 is 10.8 Å². The van der Waals surface area contributed by atoms with E-state index in [9.17, 15) is 4.79 Å². The predicted octanol–water partition coefficient (Wildman–Crippen LogP) is 0.593. The van der Waals surface area contributed by atoms with Crippen molar-refractivity contribution >= 4 is 5.97 Å². The quantitative estimate of drug-likeness (QED) is 0.740. The molecule has 0 aliphatic heterocycles. The third-order valence-electron chi connectivity index (χ3n) is 2.12. The first-order chi connectivity index (χ1) is 6.50. The van der Waals surface area contributed by atoms with E-state index in [2.05, 4.69) is 5.10 Å². The van der Waals surface area contributed by atoms with Crippen molar-refractivity contribution in [3.8, 4) is 0 Å². The highest BCUT2D eigenvalue weighted by molar-refractivity contribution is 5.66. The van der Waals surface area contributed by atoms with Gasteiger partial charge in [-0.25, -0.2) is 0 Å². The summed E-state index contributed by atoms with van der Waals surface area (Å²) in [4.78, 5) is 10.3. The van der Waals surface area contributed by atoms with Crippen molar-refractivity contribution in [3.05, 3.63) is 17.5 Å². The van der Waals surface area contributed by atoms with E-state index in [1.165, 1.54) is 0 Å². The van der Waals surface area contributed by atoms with Crippen LogP contribution in [0.2, 0.25) is 0 Å². The number of aryl methyl sites for hydroxylation is 2. The lowest BCUT2D eigenvalue weighted by Crippen LogP contribution is -2.12. The van der Waals surface area contributed by atoms with Crippen LogP contribution in [0.3, 0.4) is 0 Å². The molecule has 0 saturated heterocycles. The van der Waals surface area contributed by atoms with Gasteiger partial charge in [0.05, 0.1) is 5.69 Å². The average Bonchev–Trinajstić information content (AvgIpc) is 2.41. The number of hydrogen-bond donors (Lipinski definition) is 2. The van der Waals surface area contributed by atoms with Crippen molar-refractivity contribution < 1.29 is 9.90 Å². The van der Waals surface area contributed by atoms with E-state index in [0.717, 1.165) is 11.3 Å². The summed E-state index contributed by atoms with van der Waals surface area (Å²) in [5.41, 5.74) is 7.63. The van der Waals surface area contributed by atoms with E-state index in [4.69, 9.17) is 10.8 Å². The van der Waals surface area contributed by atoms with E-state index < -0.39 is 5.97 Å². The van der Waals surface area contributed by atoms with E-state index in [-0.39, 0.29) is 12.5 Å². The lowest BCUT2D eigenvalue weighted by Gasteiger charge is -2.08. The summed E-state index contributed by atoms with van der Waals surface area (Å²) in [5.74, 6) is -0.818. The van der Waals surface area contributed by atoms with Crippen molar-refractivity contribution in [1.82, 2.24) is 9.78 Å². The number of carbonyl (C=O) groups is 1. The molecular formula is C9H15N3O2. The fraction of sp³-hybridized carbons (Fsp3) is 0.556. The highest BCUT2D eigenvalue weighted by Gasteiger charge is 2.13. The molecule has 0 saturated carbocycles. The summed E-state index contributed by atoms with van der Waals surface area (Å²) in [5, 5.41) is 12.7. The number of carboxylic acids is 1. The van der Waals surface area contributed by atoms with Gasteiger partial charge in [0, 0.05) is 31.3 Å². The van der Waals surface area contributed by atoms with Crippen LogP contribution in [0.25, 0.3) is 0 Å². The lowest BCUT2D eigenvalue weighted by molar-refractivity contribution is -0.137. The Kier molecular flexibility index (Phi) is 3.24. The van der Waals surface area contributed by atoms with Crippen LogP contribution in [0.4, 0.5) is 0 Å². The third-order valence-corrected chi connectivity index (χ3v) is 2.12. The topological polar surface area (TPSA) is 81.1 Å². The second-order valence-corrected chi connectivity index (χ2v) is 3.38. The zero-order valence-corrected chi connectivity index (χ0v) is 8.40. The van der Waals surface area contributed by atoms with E-state index in [1.807, 2.05) is 20.2 Å². The molecule has 0 fully saturated rings. The second kappa shape index (κ2) is 4.23. The van der Waals surface area contributed by atoms with E-state index in [0.29, 0.717) is 6.42 Å². The molecule has 1 aromatic rings. The van der Waals surface area contributed by atoms with Crippen molar-refractivity contribution in [1.29, 1.82) is 0 Å². The average molecular weight is 197 g/mol. The van der Waals surface area contributed by atoms with Gasteiger partial charge in [0.1, 0.15) is 0 Å². The molecule has 3 N–H and O–H groups in total. The molecule has 78 valence electrons. The highest BCUT2D eigenvalue weighted by Crippen LogP contribution is 2.18. The number of carboxylic acid groups (broad SMARTS) is 1. The lowest BCUT2D eigenvalue weighted by atomic mass is 10.0. The SMILES string of the molecule is Cc1nn(C)cc1C(N)CCC(=O)O. The Balaban J connectivity index is 2.64. The first kappa shape index (κ1) is 10.7. The number of aromatic nitrogens is 2. The van der Waals surface area contributed by atoms with Crippen molar-refractivity contribution in [3.63, 3.8) is 0 Å². The first-order valence-corrected chi connectivity index (χ1v) is 4.48. The predicted molar refractivity (Wildman–Crippen MR) is 51.7 cm³/mol. The fourth-order valence-electron chi connectivity index (χ4n) is 1.42. The van der Waals surface area contributed by atoms with Crippen LogP contribution in [0, 0.1) is 6.92 Å². The summed E-state index contributed by atoms with van der Waals surface area (Å²) >= 11 is 0. The number of rotatable bonds is 4. The first-order valence-electron chi connectivity index (χ1n) is 4.48. The molecule has 14 heavy (non-hydrogen) atoms. The Bertz CT molecular complexity index is 333. The molecule has 1 aromatic heterocycles. The number of aliphatic carboxylic acids is 1. The van der Waals surface area contributed by atoms with Crippen molar-refractivity contribution in [2.75, 3.05) is 0 Å². The van der Waals surface area contributed by atoms with Gasteiger partial charge >= 0.3 is 5.97 Å². The zero-order chi connectivity index (χ0) is 10.7. The number of nitrogens with zero attached hydrogens (tertiary/aromatic N) is 2. The van der Waals surface area contributed by atoms with Crippen LogP contribution in [0.1, 0.15) is 30.1 Å². The molecule has 0 amide bonds. The number of nitrogens with two attached hydrogens (primary N) is 1. The molecule has 5 nitrogen and oxygen atoms in total. The van der Waals surface area contributed by atoms with Crippen LogP contribution in [0.15, 0.2) is 6.20 Å². The van der Waals surface area contributed by atoms with E-state index >= 15 is 0 Å². The normalized spacial score (nSPS) is 12.8. The van der Waals surface area contributed by atoms with Gasteiger partial charge in [-0.1, -0.05) is 0 Å². The molecule has 0 aliphatic rings. The standard InChI is InChI=1S/C9H15N3O2/c1-6-7(5-12(2)11-6)8(10)3-4-9(13)14/h5,8H,3-4,10H2,1-2H3,(H,13,14). The Hall–Kier alpha value is -1.36. The molecule has 5 heteroatoms. The highest BCUT2D eigenvalue weighted by atomic mass is 16.4. The molecule has 0 radical (unpaired) electrons. The van der Waals surface area contributed by atoms with Gasteiger partial charge in [-0.05, 0) is 13.3 Å². The Morgan fingerprint density at radius 1 is 1.79 bits per heavy atom.